The van der Waals surface area contributed by atoms with Crippen LogP contribution in [0.3, 0.4) is 0 Å². The van der Waals surface area contributed by atoms with Crippen LogP contribution in [0.1, 0.15) is 12.0 Å². The fourth-order valence-electron chi connectivity index (χ4n) is 2.62. The van der Waals surface area contributed by atoms with E-state index >= 15 is 0 Å². The maximum atomic E-state index is 11.9. The van der Waals surface area contributed by atoms with Gasteiger partial charge < -0.3 is 0 Å². The van der Waals surface area contributed by atoms with Crippen LogP contribution in [-0.4, -0.2) is 32.0 Å². The number of benzene rings is 2. The number of carbonyl (C=O) groups excluding carboxylic acids is 1. The minimum Gasteiger partial charge on any atom is -0.273 e. The summed E-state index contributed by atoms with van der Waals surface area (Å²) in [7, 11) is -3.06. The number of amides is 1. The lowest BCUT2D eigenvalue weighted by atomic mass is 10.1. The highest BCUT2D eigenvalue weighted by Gasteiger charge is 2.32. The van der Waals surface area contributed by atoms with Crippen molar-refractivity contribution in [3.05, 3.63) is 48.0 Å². The largest absolute Gasteiger partial charge is 0.273 e. The number of rotatable bonds is 3. The van der Waals surface area contributed by atoms with E-state index in [1.165, 1.54) is 0 Å². The van der Waals surface area contributed by atoms with Crippen molar-refractivity contribution in [3.8, 4) is 0 Å². The topological polar surface area (TPSA) is 75.6 Å². The molecular weight excluding hydrogens is 300 g/mol. The van der Waals surface area contributed by atoms with Crippen molar-refractivity contribution in [2.24, 2.45) is 11.0 Å². The molecule has 0 bridgehead atoms. The van der Waals surface area contributed by atoms with Gasteiger partial charge in [0, 0.05) is 5.56 Å². The van der Waals surface area contributed by atoms with Crippen molar-refractivity contribution < 1.29 is 13.2 Å². The fraction of sp³-hybridized carbons (Fsp3) is 0.250. The molecule has 0 radical (unpaired) electrons. The molecule has 114 valence electrons. The van der Waals surface area contributed by atoms with Gasteiger partial charge in [0.1, 0.15) is 0 Å². The Kier molecular flexibility index (Phi) is 3.94. The van der Waals surface area contributed by atoms with Crippen LogP contribution in [0, 0.1) is 5.92 Å². The summed E-state index contributed by atoms with van der Waals surface area (Å²) in [4.78, 5) is 11.9. The van der Waals surface area contributed by atoms with E-state index in [1.807, 2.05) is 42.5 Å². The monoisotopic (exact) mass is 316 g/mol. The Morgan fingerprint density at radius 2 is 1.95 bits per heavy atom. The Bertz CT molecular complexity index is 838. The molecule has 2 aromatic rings. The number of fused-ring (bicyclic) bond motifs is 1. The summed E-state index contributed by atoms with van der Waals surface area (Å²) in [6, 6.07) is 13.8. The Labute approximate surface area is 128 Å². The van der Waals surface area contributed by atoms with Crippen LogP contribution in [0.15, 0.2) is 47.6 Å². The number of hydrogen-bond acceptors (Lipinski definition) is 4. The van der Waals surface area contributed by atoms with E-state index < -0.39 is 15.8 Å². The molecule has 0 saturated carbocycles. The van der Waals surface area contributed by atoms with E-state index in [1.54, 1.807) is 6.21 Å². The van der Waals surface area contributed by atoms with Crippen LogP contribution in [0.4, 0.5) is 0 Å². The quantitative estimate of drug-likeness (QED) is 0.692. The average molecular weight is 316 g/mol. The van der Waals surface area contributed by atoms with Crippen molar-refractivity contribution in [1.82, 2.24) is 5.43 Å². The van der Waals surface area contributed by atoms with Crippen LogP contribution in [0.2, 0.25) is 0 Å². The summed E-state index contributed by atoms with van der Waals surface area (Å²) < 4.78 is 22.7. The molecule has 1 fully saturated rings. The predicted octanol–water partition coefficient (Wildman–Crippen LogP) is 1.72. The number of hydrazone groups is 1. The molecule has 1 saturated heterocycles. The first-order valence-electron chi connectivity index (χ1n) is 7.06. The molecule has 22 heavy (non-hydrogen) atoms. The van der Waals surface area contributed by atoms with Gasteiger partial charge >= 0.3 is 0 Å². The van der Waals surface area contributed by atoms with Gasteiger partial charge in [0.15, 0.2) is 9.84 Å². The molecule has 1 heterocycles. The minimum absolute atomic E-state index is 0.0807. The van der Waals surface area contributed by atoms with Crippen molar-refractivity contribution in [2.75, 3.05) is 11.5 Å². The van der Waals surface area contributed by atoms with Gasteiger partial charge in [-0.05, 0) is 17.2 Å². The highest BCUT2D eigenvalue weighted by molar-refractivity contribution is 7.91. The smallest absolute Gasteiger partial charge is 0.244 e. The van der Waals surface area contributed by atoms with Gasteiger partial charge in [-0.15, -0.1) is 0 Å². The third kappa shape index (κ3) is 3.17. The normalized spacial score (nSPS) is 20.5. The zero-order valence-electron chi connectivity index (χ0n) is 11.9. The van der Waals surface area contributed by atoms with Crippen molar-refractivity contribution >= 4 is 32.7 Å². The zero-order chi connectivity index (χ0) is 15.6. The molecule has 1 amide bonds. The Hall–Kier alpha value is -2.21. The van der Waals surface area contributed by atoms with Crippen LogP contribution in [-0.2, 0) is 14.6 Å². The number of hydrogen-bond donors (Lipinski definition) is 1. The lowest BCUT2D eigenvalue weighted by molar-refractivity contribution is -0.124. The summed E-state index contributed by atoms with van der Waals surface area (Å²) in [6.45, 7) is 0. The van der Waals surface area contributed by atoms with Gasteiger partial charge in [-0.25, -0.2) is 13.8 Å². The molecule has 1 aliphatic rings. The van der Waals surface area contributed by atoms with Crippen LogP contribution in [0.5, 0.6) is 0 Å². The summed E-state index contributed by atoms with van der Waals surface area (Å²) in [5.74, 6) is -0.826. The summed E-state index contributed by atoms with van der Waals surface area (Å²) in [6.07, 6.45) is 1.96. The third-order valence-corrected chi connectivity index (χ3v) is 5.57. The highest BCUT2D eigenvalue weighted by Crippen LogP contribution is 2.19. The van der Waals surface area contributed by atoms with Gasteiger partial charge in [-0.1, -0.05) is 42.5 Å². The molecule has 3 rings (SSSR count). The molecule has 6 heteroatoms. The van der Waals surface area contributed by atoms with Crippen molar-refractivity contribution in [2.45, 2.75) is 6.42 Å². The predicted molar refractivity (Wildman–Crippen MR) is 86.4 cm³/mol. The van der Waals surface area contributed by atoms with E-state index in [-0.39, 0.29) is 17.4 Å². The molecule has 0 aromatic heterocycles. The summed E-state index contributed by atoms with van der Waals surface area (Å²) in [5.41, 5.74) is 3.34. The second kappa shape index (κ2) is 5.88. The highest BCUT2D eigenvalue weighted by atomic mass is 32.2. The molecule has 5 nitrogen and oxygen atoms in total. The van der Waals surface area contributed by atoms with Crippen molar-refractivity contribution in [3.63, 3.8) is 0 Å². The van der Waals surface area contributed by atoms with Crippen molar-refractivity contribution in [1.29, 1.82) is 0 Å². The number of carbonyl (C=O) groups is 1. The van der Waals surface area contributed by atoms with Crippen LogP contribution in [0.25, 0.3) is 10.8 Å². The third-order valence-electron chi connectivity index (χ3n) is 3.80. The standard InChI is InChI=1S/C16H16N2O3S/c19-16(14-8-9-22(20,21)11-14)18-17-10-13-6-3-5-12-4-1-2-7-15(12)13/h1-7,10,14H,8-9,11H2,(H,18,19)/b17-10-/t14-/m0/s1. The number of sulfone groups is 1. The van der Waals surface area contributed by atoms with Crippen LogP contribution >= 0.6 is 0 Å². The van der Waals surface area contributed by atoms with Gasteiger partial charge in [-0.3, -0.25) is 4.79 Å². The van der Waals surface area contributed by atoms with E-state index in [0.717, 1.165) is 16.3 Å². The van der Waals surface area contributed by atoms with Crippen LogP contribution < -0.4 is 5.43 Å². The minimum atomic E-state index is -3.06. The zero-order valence-corrected chi connectivity index (χ0v) is 12.7. The van der Waals surface area contributed by atoms with E-state index in [2.05, 4.69) is 10.5 Å². The molecule has 1 aliphatic heterocycles. The molecular formula is C16H16N2O3S. The lowest BCUT2D eigenvalue weighted by Gasteiger charge is -2.05. The first kappa shape index (κ1) is 14.7. The number of nitrogens with zero attached hydrogens (tertiary/aromatic N) is 1. The van der Waals surface area contributed by atoms with Gasteiger partial charge in [0.2, 0.25) is 5.91 Å². The molecule has 0 unspecified atom stereocenters. The molecule has 0 spiro atoms. The fourth-order valence-corrected chi connectivity index (χ4v) is 4.36. The maximum Gasteiger partial charge on any atom is 0.244 e. The number of nitrogens with one attached hydrogen (secondary N) is 1. The Morgan fingerprint density at radius 3 is 2.73 bits per heavy atom. The molecule has 1 atom stereocenters. The Balaban J connectivity index is 1.70. The molecule has 2 aromatic carbocycles. The van der Waals surface area contributed by atoms with E-state index in [4.69, 9.17) is 0 Å². The van der Waals surface area contributed by atoms with E-state index in [0.29, 0.717) is 6.42 Å². The first-order valence-corrected chi connectivity index (χ1v) is 8.88. The summed E-state index contributed by atoms with van der Waals surface area (Å²) in [5, 5.41) is 6.11. The maximum absolute atomic E-state index is 11.9. The van der Waals surface area contributed by atoms with Gasteiger partial charge in [-0.2, -0.15) is 5.10 Å². The lowest BCUT2D eigenvalue weighted by Crippen LogP contribution is -2.27. The first-order chi connectivity index (χ1) is 10.6. The van der Waals surface area contributed by atoms with Gasteiger partial charge in [0.05, 0.1) is 23.6 Å². The average Bonchev–Trinajstić information content (AvgIpc) is 2.88. The SMILES string of the molecule is O=C(N/N=C\c1cccc2ccccc12)[C@H]1CCS(=O)(=O)C1. The second-order valence-corrected chi connectivity index (χ2v) is 7.63. The Morgan fingerprint density at radius 1 is 1.18 bits per heavy atom. The van der Waals surface area contributed by atoms with Gasteiger partial charge in [0.25, 0.3) is 0 Å². The second-order valence-electron chi connectivity index (χ2n) is 5.40. The molecule has 1 N–H and O–H groups in total. The van der Waals surface area contributed by atoms with E-state index in [9.17, 15) is 13.2 Å². The molecule has 0 aliphatic carbocycles. The summed E-state index contributed by atoms with van der Waals surface area (Å²) >= 11 is 0.